The normalized spacial score (nSPS) is 10.7. The Morgan fingerprint density at radius 1 is 0.314 bits per heavy atom. The zero-order chi connectivity index (χ0) is 50.3. The summed E-state index contributed by atoms with van der Waals surface area (Å²) in [5.74, 6) is 1.40. The summed E-state index contributed by atoms with van der Waals surface area (Å²) in [5.41, 5.74) is 5.18. The Kier molecular flexibility index (Phi) is 32.3. The van der Waals surface area contributed by atoms with Gasteiger partial charge in [-0.25, -0.2) is 9.59 Å². The third-order valence-electron chi connectivity index (χ3n) is 12.7. The van der Waals surface area contributed by atoms with Crippen molar-refractivity contribution in [2.45, 2.75) is 207 Å². The highest BCUT2D eigenvalue weighted by Crippen LogP contribution is 2.27. The fourth-order valence-corrected chi connectivity index (χ4v) is 8.62. The third-order valence-corrected chi connectivity index (χ3v) is 12.7. The monoisotopic (exact) mass is 955 g/mol. The van der Waals surface area contributed by atoms with Crippen LogP contribution in [-0.4, -0.2) is 22.2 Å². The van der Waals surface area contributed by atoms with Gasteiger partial charge < -0.3 is 19.7 Å². The maximum Gasteiger partial charge on any atom is 0.336 e. The highest BCUT2D eigenvalue weighted by atomic mass is 16.5. The van der Waals surface area contributed by atoms with Gasteiger partial charge in [0.1, 0.15) is 23.0 Å². The molecule has 0 aliphatic carbocycles. The number of rotatable bonds is 34. The van der Waals surface area contributed by atoms with E-state index in [-0.39, 0.29) is 11.1 Å². The lowest BCUT2D eigenvalue weighted by Gasteiger charge is -2.10. The molecule has 5 aromatic rings. The Hall–Kier alpha value is -5.36. The summed E-state index contributed by atoms with van der Waals surface area (Å²) in [6, 6.07) is 40.1. The number of carbonyl (C=O) groups is 2. The van der Waals surface area contributed by atoms with Gasteiger partial charge in [0.15, 0.2) is 0 Å². The lowest BCUT2D eigenvalue weighted by atomic mass is 10.0. The zero-order valence-electron chi connectivity index (χ0n) is 43.9. The topological polar surface area (TPSA) is 93.1 Å². The Morgan fingerprint density at radius 3 is 0.771 bits per heavy atom. The van der Waals surface area contributed by atoms with Crippen LogP contribution < -0.4 is 9.47 Å². The first-order valence-corrected chi connectivity index (χ1v) is 27.5. The van der Waals surface area contributed by atoms with Crippen molar-refractivity contribution < 1.29 is 29.3 Å². The van der Waals surface area contributed by atoms with Crippen LogP contribution in [0.4, 0.5) is 0 Å². The molecule has 0 aromatic heterocycles. The number of carboxylic acids is 2. The van der Waals surface area contributed by atoms with E-state index >= 15 is 0 Å². The lowest BCUT2D eigenvalue weighted by Crippen LogP contribution is -2.06. The van der Waals surface area contributed by atoms with Crippen LogP contribution in [0.3, 0.4) is 0 Å². The summed E-state index contributed by atoms with van der Waals surface area (Å²) in [6.07, 6.45) is 36.9. The van der Waals surface area contributed by atoms with Crippen LogP contribution in [0.1, 0.15) is 225 Å². The van der Waals surface area contributed by atoms with E-state index < -0.39 is 11.9 Å². The molecule has 0 aliphatic heterocycles. The number of ether oxygens (including phenoxy) is 2. The Labute approximate surface area is 424 Å². The predicted octanol–water partition coefficient (Wildman–Crippen LogP) is 19.7. The fourth-order valence-electron chi connectivity index (χ4n) is 8.62. The SMILES string of the molecule is CCCCCCCCc1cccc(Oc2cccc(CCCCCCCC)c2)c1.CCCCCCCCc1cccc(Oc2cccc(CCCCCCCC)c2)c1.O=C(O)c1ccccc1C(=O)O. The lowest BCUT2D eigenvalue weighted by molar-refractivity contribution is 0.0651. The van der Waals surface area contributed by atoms with Crippen molar-refractivity contribution in [1.29, 1.82) is 0 Å². The average molecular weight is 955 g/mol. The van der Waals surface area contributed by atoms with E-state index in [9.17, 15) is 9.59 Å². The Balaban J connectivity index is 0.000000301. The molecule has 0 atom stereocenters. The van der Waals surface area contributed by atoms with Gasteiger partial charge in [0.2, 0.25) is 0 Å². The molecule has 382 valence electrons. The first kappa shape index (κ1) is 59.0. The zero-order valence-corrected chi connectivity index (χ0v) is 43.9. The van der Waals surface area contributed by atoms with Gasteiger partial charge in [0.25, 0.3) is 0 Å². The van der Waals surface area contributed by atoms with Crippen molar-refractivity contribution >= 4 is 11.9 Å². The van der Waals surface area contributed by atoms with Crippen molar-refractivity contribution in [2.75, 3.05) is 0 Å². The molecule has 0 aliphatic rings. The molecule has 2 N–H and O–H groups in total. The number of hydrogen-bond acceptors (Lipinski definition) is 4. The van der Waals surface area contributed by atoms with Gasteiger partial charge in [-0.1, -0.05) is 217 Å². The van der Waals surface area contributed by atoms with Crippen LogP contribution >= 0.6 is 0 Å². The molecule has 5 aromatic carbocycles. The Bertz CT molecular complexity index is 1860. The molecule has 6 heteroatoms. The maximum atomic E-state index is 10.5. The van der Waals surface area contributed by atoms with E-state index in [2.05, 4.69) is 125 Å². The summed E-state index contributed by atoms with van der Waals surface area (Å²) in [4.78, 5) is 20.9. The van der Waals surface area contributed by atoms with Crippen LogP contribution in [0.15, 0.2) is 121 Å². The van der Waals surface area contributed by atoms with Gasteiger partial charge in [-0.15, -0.1) is 0 Å². The van der Waals surface area contributed by atoms with Gasteiger partial charge in [-0.3, -0.25) is 0 Å². The quantitative estimate of drug-likeness (QED) is 0.0399. The largest absolute Gasteiger partial charge is 0.478 e. The van der Waals surface area contributed by atoms with Crippen LogP contribution in [0.25, 0.3) is 0 Å². The summed E-state index contributed by atoms with van der Waals surface area (Å²) < 4.78 is 12.4. The van der Waals surface area contributed by atoms with E-state index in [0.717, 1.165) is 48.7 Å². The molecule has 0 unspecified atom stereocenters. The van der Waals surface area contributed by atoms with Crippen LogP contribution in [-0.2, 0) is 25.7 Å². The standard InChI is InChI=1S/2C28H42O.C8H6O4/c2*1-3-5-7-9-11-13-17-25-19-15-21-27(23-25)29-28-22-16-20-26(24-28)18-14-12-10-8-6-4-2;9-7(10)5-3-1-2-4-6(5)8(11)12/h2*15-16,19-24H,3-14,17-18H2,1-2H3;1-4H,(H,9,10)(H,11,12). The molecule has 0 fully saturated rings. The van der Waals surface area contributed by atoms with E-state index in [0.29, 0.717) is 0 Å². The number of aryl methyl sites for hydroxylation is 4. The van der Waals surface area contributed by atoms with Crippen molar-refractivity contribution in [3.8, 4) is 23.0 Å². The number of benzene rings is 5. The number of unbranched alkanes of at least 4 members (excludes halogenated alkanes) is 20. The van der Waals surface area contributed by atoms with Crippen molar-refractivity contribution in [3.05, 3.63) is 155 Å². The van der Waals surface area contributed by atoms with Gasteiger partial charge in [-0.2, -0.15) is 0 Å². The second-order valence-corrected chi connectivity index (χ2v) is 19.0. The highest BCUT2D eigenvalue weighted by Gasteiger charge is 2.14. The molecular weight excluding hydrogens is 865 g/mol. The minimum Gasteiger partial charge on any atom is -0.478 e. The Morgan fingerprint density at radius 2 is 0.543 bits per heavy atom. The van der Waals surface area contributed by atoms with Gasteiger partial charge in [0, 0.05) is 0 Å². The second kappa shape index (κ2) is 38.4. The molecule has 5 rings (SSSR count). The van der Waals surface area contributed by atoms with Crippen LogP contribution in [0.5, 0.6) is 23.0 Å². The third kappa shape index (κ3) is 27.1. The molecule has 0 spiro atoms. The molecular formula is C64H90O6. The molecule has 0 saturated carbocycles. The van der Waals surface area contributed by atoms with Crippen molar-refractivity contribution in [1.82, 2.24) is 0 Å². The minimum absolute atomic E-state index is 0.190. The van der Waals surface area contributed by atoms with Gasteiger partial charge >= 0.3 is 11.9 Å². The first-order chi connectivity index (χ1) is 34.3. The fraction of sp³-hybridized carbons (Fsp3) is 0.500. The number of carboxylic acid groups (broad SMARTS) is 2. The van der Waals surface area contributed by atoms with Crippen LogP contribution in [0, 0.1) is 0 Å². The minimum atomic E-state index is -1.23. The highest BCUT2D eigenvalue weighted by molar-refractivity contribution is 6.01. The van der Waals surface area contributed by atoms with Crippen molar-refractivity contribution in [2.24, 2.45) is 0 Å². The molecule has 6 nitrogen and oxygen atoms in total. The molecule has 0 radical (unpaired) electrons. The molecule has 0 saturated heterocycles. The van der Waals surface area contributed by atoms with E-state index in [1.54, 1.807) is 0 Å². The maximum absolute atomic E-state index is 10.5. The summed E-state index contributed by atoms with van der Waals surface area (Å²) in [5, 5.41) is 17.1. The van der Waals surface area contributed by atoms with E-state index in [1.807, 2.05) is 0 Å². The summed E-state index contributed by atoms with van der Waals surface area (Å²) in [6.45, 7) is 9.09. The van der Waals surface area contributed by atoms with Gasteiger partial charge in [-0.05, 0) is 134 Å². The summed E-state index contributed by atoms with van der Waals surface area (Å²) >= 11 is 0. The number of hydrogen-bond donors (Lipinski definition) is 2. The van der Waals surface area contributed by atoms with Crippen molar-refractivity contribution in [3.63, 3.8) is 0 Å². The summed E-state index contributed by atoms with van der Waals surface area (Å²) in [7, 11) is 0. The van der Waals surface area contributed by atoms with Crippen LogP contribution in [0.2, 0.25) is 0 Å². The second-order valence-electron chi connectivity index (χ2n) is 19.0. The van der Waals surface area contributed by atoms with E-state index in [4.69, 9.17) is 19.7 Å². The first-order valence-electron chi connectivity index (χ1n) is 27.5. The number of aromatic carboxylic acids is 2. The average Bonchev–Trinajstić information content (AvgIpc) is 3.37. The molecule has 0 heterocycles. The smallest absolute Gasteiger partial charge is 0.336 e. The molecule has 0 amide bonds. The predicted molar refractivity (Wildman–Crippen MR) is 295 cm³/mol. The van der Waals surface area contributed by atoms with E-state index in [1.165, 1.54) is 201 Å². The molecule has 0 bridgehead atoms. The molecule has 70 heavy (non-hydrogen) atoms. The van der Waals surface area contributed by atoms with Gasteiger partial charge in [0.05, 0.1) is 11.1 Å².